The number of carboxylic acid groups (broad SMARTS) is 1. The normalized spacial score (nSPS) is 17.5. The van der Waals surface area contributed by atoms with Gasteiger partial charge in [-0.15, -0.1) is 5.10 Å². The van der Waals surface area contributed by atoms with Crippen molar-refractivity contribution in [1.29, 1.82) is 0 Å². The second kappa shape index (κ2) is 5.83. The van der Waals surface area contributed by atoms with Crippen LogP contribution in [0, 0.1) is 13.8 Å². The molecule has 1 amide bonds. The van der Waals surface area contributed by atoms with Gasteiger partial charge in [0.05, 0.1) is 11.4 Å². The molecule has 1 fully saturated rings. The third-order valence-electron chi connectivity index (χ3n) is 4.14. The fourth-order valence-corrected chi connectivity index (χ4v) is 2.93. The smallest absolute Gasteiger partial charge is 0.326 e. The van der Waals surface area contributed by atoms with Crippen LogP contribution in [0.1, 0.15) is 34.6 Å². The number of carboxylic acids is 1. The molecule has 1 atom stereocenters. The maximum absolute atomic E-state index is 12.6. The number of hydrogen-bond acceptors (Lipinski definition) is 4. The number of aromatic nitrogens is 3. The molecule has 1 aliphatic heterocycles. The SMILES string of the molecule is Cc1cccc(-n2nnc(C(=O)N3CCC[C@H]3C(=O)O)c2C)c1. The molecule has 0 spiro atoms. The second-order valence-electron chi connectivity index (χ2n) is 5.77. The van der Waals surface area contributed by atoms with Crippen LogP contribution in [0.2, 0.25) is 0 Å². The van der Waals surface area contributed by atoms with Crippen molar-refractivity contribution in [2.75, 3.05) is 6.54 Å². The van der Waals surface area contributed by atoms with Gasteiger partial charge in [0, 0.05) is 6.54 Å². The van der Waals surface area contributed by atoms with Gasteiger partial charge in [-0.05, 0) is 44.4 Å². The first-order valence-corrected chi connectivity index (χ1v) is 7.52. The van der Waals surface area contributed by atoms with Gasteiger partial charge in [-0.3, -0.25) is 4.79 Å². The van der Waals surface area contributed by atoms with Crippen molar-refractivity contribution in [2.24, 2.45) is 0 Å². The highest BCUT2D eigenvalue weighted by Gasteiger charge is 2.36. The Bertz CT molecular complexity index is 768. The Morgan fingerprint density at radius 1 is 1.30 bits per heavy atom. The zero-order valence-corrected chi connectivity index (χ0v) is 13.1. The molecule has 0 bridgehead atoms. The second-order valence-corrected chi connectivity index (χ2v) is 5.77. The third-order valence-corrected chi connectivity index (χ3v) is 4.14. The van der Waals surface area contributed by atoms with E-state index in [0.717, 1.165) is 11.3 Å². The average molecular weight is 314 g/mol. The minimum atomic E-state index is -0.973. The van der Waals surface area contributed by atoms with Gasteiger partial charge < -0.3 is 10.0 Å². The van der Waals surface area contributed by atoms with E-state index in [0.29, 0.717) is 25.1 Å². The maximum Gasteiger partial charge on any atom is 0.326 e. The molecule has 2 aromatic rings. The molecular weight excluding hydrogens is 296 g/mol. The Hall–Kier alpha value is -2.70. The summed E-state index contributed by atoms with van der Waals surface area (Å²) in [6.07, 6.45) is 1.17. The van der Waals surface area contributed by atoms with Gasteiger partial charge in [-0.2, -0.15) is 0 Å². The average Bonchev–Trinajstić information content (AvgIpc) is 3.13. The van der Waals surface area contributed by atoms with Crippen LogP contribution in [0.15, 0.2) is 24.3 Å². The maximum atomic E-state index is 12.6. The van der Waals surface area contributed by atoms with Gasteiger partial charge >= 0.3 is 5.97 Å². The fourth-order valence-electron chi connectivity index (χ4n) is 2.93. The molecule has 23 heavy (non-hydrogen) atoms. The lowest BCUT2D eigenvalue weighted by molar-refractivity contribution is -0.141. The zero-order valence-electron chi connectivity index (χ0n) is 13.1. The summed E-state index contributed by atoms with van der Waals surface area (Å²) in [5.41, 5.74) is 2.72. The quantitative estimate of drug-likeness (QED) is 0.929. The molecule has 1 aliphatic rings. The molecule has 3 rings (SSSR count). The van der Waals surface area contributed by atoms with E-state index >= 15 is 0 Å². The molecule has 1 aromatic carbocycles. The summed E-state index contributed by atoms with van der Waals surface area (Å²) in [6.45, 7) is 4.18. The minimum Gasteiger partial charge on any atom is -0.480 e. The lowest BCUT2D eigenvalue weighted by atomic mass is 10.2. The fraction of sp³-hybridized carbons (Fsp3) is 0.375. The molecule has 7 nitrogen and oxygen atoms in total. The van der Waals surface area contributed by atoms with Crippen LogP contribution in [0.25, 0.3) is 5.69 Å². The van der Waals surface area contributed by atoms with Crippen LogP contribution < -0.4 is 0 Å². The van der Waals surface area contributed by atoms with Gasteiger partial charge in [0.25, 0.3) is 5.91 Å². The van der Waals surface area contributed by atoms with Crippen LogP contribution in [-0.2, 0) is 4.79 Å². The van der Waals surface area contributed by atoms with Crippen molar-refractivity contribution >= 4 is 11.9 Å². The van der Waals surface area contributed by atoms with Crippen molar-refractivity contribution < 1.29 is 14.7 Å². The van der Waals surface area contributed by atoms with Crippen molar-refractivity contribution in [1.82, 2.24) is 19.9 Å². The first kappa shape index (κ1) is 15.2. The van der Waals surface area contributed by atoms with E-state index in [-0.39, 0.29) is 11.6 Å². The number of rotatable bonds is 3. The molecule has 1 saturated heterocycles. The zero-order chi connectivity index (χ0) is 16.6. The summed E-state index contributed by atoms with van der Waals surface area (Å²) in [5, 5.41) is 17.3. The predicted molar refractivity (Wildman–Crippen MR) is 82.5 cm³/mol. The van der Waals surface area contributed by atoms with Gasteiger partial charge in [0.1, 0.15) is 6.04 Å². The highest BCUT2D eigenvalue weighted by molar-refractivity contribution is 5.96. The van der Waals surface area contributed by atoms with Gasteiger partial charge in [0.2, 0.25) is 0 Å². The number of hydrogen-bond donors (Lipinski definition) is 1. The van der Waals surface area contributed by atoms with E-state index in [2.05, 4.69) is 10.3 Å². The summed E-state index contributed by atoms with van der Waals surface area (Å²) >= 11 is 0. The number of aliphatic carboxylic acids is 1. The number of carbonyl (C=O) groups excluding carboxylic acids is 1. The van der Waals surface area contributed by atoms with E-state index in [1.165, 1.54) is 4.90 Å². The topological polar surface area (TPSA) is 88.3 Å². The van der Waals surface area contributed by atoms with Crippen LogP contribution in [0.4, 0.5) is 0 Å². The molecule has 1 N–H and O–H groups in total. The van der Waals surface area contributed by atoms with E-state index in [9.17, 15) is 14.7 Å². The van der Waals surface area contributed by atoms with E-state index in [4.69, 9.17) is 0 Å². The number of benzene rings is 1. The van der Waals surface area contributed by atoms with Crippen LogP contribution in [0.5, 0.6) is 0 Å². The Morgan fingerprint density at radius 2 is 2.09 bits per heavy atom. The lowest BCUT2D eigenvalue weighted by Crippen LogP contribution is -2.40. The molecule has 0 radical (unpaired) electrons. The largest absolute Gasteiger partial charge is 0.480 e. The van der Waals surface area contributed by atoms with Crippen molar-refractivity contribution in [3.05, 3.63) is 41.2 Å². The number of carbonyl (C=O) groups is 2. The summed E-state index contributed by atoms with van der Waals surface area (Å²) in [4.78, 5) is 25.3. The molecule has 2 heterocycles. The lowest BCUT2D eigenvalue weighted by Gasteiger charge is -2.20. The highest BCUT2D eigenvalue weighted by Crippen LogP contribution is 2.22. The molecule has 120 valence electrons. The Balaban J connectivity index is 1.93. The number of nitrogens with zero attached hydrogens (tertiary/aromatic N) is 4. The minimum absolute atomic E-state index is 0.208. The third kappa shape index (κ3) is 2.69. The standard InChI is InChI=1S/C16H18N4O3/c1-10-5-3-6-12(9-10)20-11(2)14(17-18-20)15(21)19-8-4-7-13(19)16(22)23/h3,5-6,9,13H,4,7-8H2,1-2H3,(H,22,23)/t13-/m0/s1. The Morgan fingerprint density at radius 3 is 2.78 bits per heavy atom. The van der Waals surface area contributed by atoms with Gasteiger partial charge in [-0.25, -0.2) is 9.48 Å². The monoisotopic (exact) mass is 314 g/mol. The number of amides is 1. The number of aryl methyl sites for hydroxylation is 1. The predicted octanol–water partition coefficient (Wildman–Crippen LogP) is 1.57. The first-order chi connectivity index (χ1) is 11.0. The summed E-state index contributed by atoms with van der Waals surface area (Å²) in [6, 6.07) is 6.95. The summed E-state index contributed by atoms with van der Waals surface area (Å²) in [7, 11) is 0. The highest BCUT2D eigenvalue weighted by atomic mass is 16.4. The van der Waals surface area contributed by atoms with Crippen LogP contribution in [-0.4, -0.2) is 49.5 Å². The summed E-state index contributed by atoms with van der Waals surface area (Å²) in [5.74, 6) is -1.34. The Labute approximate surface area is 133 Å². The van der Waals surface area contributed by atoms with Gasteiger partial charge in [0.15, 0.2) is 5.69 Å². The van der Waals surface area contributed by atoms with Crippen molar-refractivity contribution in [2.45, 2.75) is 32.7 Å². The molecule has 1 aromatic heterocycles. The molecule has 7 heteroatoms. The van der Waals surface area contributed by atoms with E-state index in [1.807, 2.05) is 31.2 Å². The van der Waals surface area contributed by atoms with Crippen LogP contribution in [0.3, 0.4) is 0 Å². The first-order valence-electron chi connectivity index (χ1n) is 7.52. The van der Waals surface area contributed by atoms with Gasteiger partial charge in [-0.1, -0.05) is 17.3 Å². The van der Waals surface area contributed by atoms with E-state index in [1.54, 1.807) is 11.6 Å². The summed E-state index contributed by atoms with van der Waals surface area (Å²) < 4.78 is 1.60. The molecule has 0 aliphatic carbocycles. The van der Waals surface area contributed by atoms with Crippen LogP contribution >= 0.6 is 0 Å². The molecular formula is C16H18N4O3. The molecule has 0 unspecified atom stereocenters. The number of likely N-dealkylation sites (tertiary alicyclic amines) is 1. The Kier molecular flexibility index (Phi) is 3.85. The molecule has 0 saturated carbocycles. The van der Waals surface area contributed by atoms with Crippen molar-refractivity contribution in [3.63, 3.8) is 0 Å². The van der Waals surface area contributed by atoms with E-state index < -0.39 is 12.0 Å². The van der Waals surface area contributed by atoms with Crippen molar-refractivity contribution in [3.8, 4) is 5.69 Å².